The molecular weight excluding hydrogens is 591 g/mol. The van der Waals surface area contributed by atoms with E-state index in [-0.39, 0.29) is 0 Å². The fourth-order valence-electron chi connectivity index (χ4n) is 7.23. The Morgan fingerprint density at radius 1 is 0.245 bits per heavy atom. The van der Waals surface area contributed by atoms with Gasteiger partial charge in [0.25, 0.3) is 0 Å². The second-order valence-corrected chi connectivity index (χ2v) is 12.6. The normalized spacial score (nSPS) is 11.3. The first-order valence-electron chi connectivity index (χ1n) is 16.8. The Hall–Kier alpha value is -6.44. The van der Waals surface area contributed by atoms with Gasteiger partial charge >= 0.3 is 0 Å². The van der Waals surface area contributed by atoms with Crippen molar-refractivity contribution in [3.8, 4) is 44.5 Å². The number of fused-ring (bicyclic) bond motifs is 6. The summed E-state index contributed by atoms with van der Waals surface area (Å²) in [5, 5.41) is 11.6. The molecule has 49 heavy (non-hydrogen) atoms. The summed E-state index contributed by atoms with van der Waals surface area (Å²) in [5.74, 6) is 0. The van der Waals surface area contributed by atoms with E-state index in [1.165, 1.54) is 71.3 Å². The van der Waals surface area contributed by atoms with Crippen LogP contribution in [0.2, 0.25) is 0 Å². The molecule has 1 nitrogen and oxygen atoms in total. The predicted octanol–water partition coefficient (Wildman–Crippen LogP) is 13.6. The largest absolute Gasteiger partial charge is 0.355 e. The molecule has 0 aliphatic carbocycles. The predicted molar refractivity (Wildman–Crippen MR) is 210 cm³/mol. The molecule has 0 radical (unpaired) electrons. The van der Waals surface area contributed by atoms with Gasteiger partial charge in [-0.05, 0) is 108 Å². The molecule has 0 atom stereocenters. The molecule has 1 N–H and O–H groups in total. The first kappa shape index (κ1) is 28.8. The molecule has 0 spiro atoms. The summed E-state index contributed by atoms with van der Waals surface area (Å²) in [4.78, 5) is 0. The third-order valence-corrected chi connectivity index (χ3v) is 9.61. The number of nitrogens with one attached hydrogen (secondary N) is 1. The Morgan fingerprint density at radius 2 is 0.673 bits per heavy atom. The van der Waals surface area contributed by atoms with Gasteiger partial charge in [-0.3, -0.25) is 0 Å². The molecule has 0 fully saturated rings. The van der Waals surface area contributed by atoms with E-state index in [0.717, 1.165) is 16.9 Å². The lowest BCUT2D eigenvalue weighted by molar-refractivity contribution is 1.51. The van der Waals surface area contributed by atoms with Crippen LogP contribution in [0.3, 0.4) is 0 Å². The smallest absolute Gasteiger partial charge is 0.0464 e. The van der Waals surface area contributed by atoms with Crippen molar-refractivity contribution in [3.05, 3.63) is 194 Å². The maximum Gasteiger partial charge on any atom is 0.0464 e. The first-order chi connectivity index (χ1) is 24.3. The topological polar surface area (TPSA) is 12.0 Å². The lowest BCUT2D eigenvalue weighted by Crippen LogP contribution is -1.96. The van der Waals surface area contributed by atoms with Gasteiger partial charge in [-0.1, -0.05) is 158 Å². The molecule has 0 saturated carbocycles. The van der Waals surface area contributed by atoms with E-state index < -0.39 is 0 Å². The highest BCUT2D eigenvalue weighted by Gasteiger charge is 2.13. The highest BCUT2D eigenvalue weighted by molar-refractivity contribution is 6.25. The van der Waals surface area contributed by atoms with Gasteiger partial charge in [0, 0.05) is 16.9 Å². The lowest BCUT2D eigenvalue weighted by atomic mass is 9.91. The molecule has 9 aromatic carbocycles. The van der Waals surface area contributed by atoms with Crippen molar-refractivity contribution in [2.24, 2.45) is 0 Å². The molecular formula is C48H33N. The van der Waals surface area contributed by atoms with E-state index in [0.29, 0.717) is 0 Å². The quantitative estimate of drug-likeness (QED) is 0.182. The summed E-state index contributed by atoms with van der Waals surface area (Å²) >= 11 is 0. The van der Waals surface area contributed by atoms with Crippen molar-refractivity contribution >= 4 is 43.7 Å². The molecule has 230 valence electrons. The zero-order valence-corrected chi connectivity index (χ0v) is 27.0. The summed E-state index contributed by atoms with van der Waals surface area (Å²) in [6.07, 6.45) is 0. The standard InChI is InChI=1S/C48H33N/c1-4-14-33(15-5-1)38-28-39(34-16-6-2-7-17-34)30-40(29-38)49-48-27-25-37(31-46(48)35-18-8-3-9-19-35)36-24-26-45-43-22-11-10-20-41(43)42-21-12-13-23-44(42)47(45)32-36/h1-32,49H. The summed E-state index contributed by atoms with van der Waals surface area (Å²) < 4.78 is 0. The van der Waals surface area contributed by atoms with E-state index in [4.69, 9.17) is 0 Å². The lowest BCUT2D eigenvalue weighted by Gasteiger charge is -2.17. The van der Waals surface area contributed by atoms with Crippen molar-refractivity contribution in [1.82, 2.24) is 0 Å². The third kappa shape index (κ3) is 5.42. The highest BCUT2D eigenvalue weighted by Crippen LogP contribution is 2.40. The average Bonchev–Trinajstić information content (AvgIpc) is 3.19. The second kappa shape index (κ2) is 12.3. The van der Waals surface area contributed by atoms with Crippen molar-refractivity contribution in [3.63, 3.8) is 0 Å². The zero-order chi connectivity index (χ0) is 32.6. The van der Waals surface area contributed by atoms with Gasteiger partial charge in [-0.2, -0.15) is 0 Å². The molecule has 0 bridgehead atoms. The number of benzene rings is 9. The summed E-state index contributed by atoms with van der Waals surface area (Å²) in [7, 11) is 0. The molecule has 1 heteroatoms. The van der Waals surface area contributed by atoms with Gasteiger partial charge < -0.3 is 5.32 Å². The molecule has 0 heterocycles. The molecule has 9 aromatic rings. The van der Waals surface area contributed by atoms with Crippen molar-refractivity contribution in [2.45, 2.75) is 0 Å². The molecule has 9 rings (SSSR count). The molecule has 0 aromatic heterocycles. The Labute approximate surface area is 286 Å². The minimum absolute atomic E-state index is 1.05. The monoisotopic (exact) mass is 623 g/mol. The first-order valence-corrected chi connectivity index (χ1v) is 16.8. The highest BCUT2D eigenvalue weighted by atomic mass is 14.9. The number of hydrogen-bond acceptors (Lipinski definition) is 1. The van der Waals surface area contributed by atoms with Crippen LogP contribution in [0.25, 0.3) is 76.8 Å². The Balaban J connectivity index is 1.18. The summed E-state index contributed by atoms with van der Waals surface area (Å²) in [6.45, 7) is 0. The van der Waals surface area contributed by atoms with Crippen LogP contribution < -0.4 is 5.32 Å². The molecule has 0 saturated heterocycles. The maximum absolute atomic E-state index is 3.84. The van der Waals surface area contributed by atoms with Crippen LogP contribution in [0.15, 0.2) is 194 Å². The molecule has 0 unspecified atom stereocenters. The number of rotatable bonds is 6. The molecule has 0 amide bonds. The van der Waals surface area contributed by atoms with Crippen LogP contribution >= 0.6 is 0 Å². The molecule has 0 aliphatic heterocycles. The zero-order valence-electron chi connectivity index (χ0n) is 27.0. The van der Waals surface area contributed by atoms with Crippen LogP contribution in [0, 0.1) is 0 Å². The molecule has 0 aliphatic rings. The van der Waals surface area contributed by atoms with Crippen LogP contribution in [-0.2, 0) is 0 Å². The summed E-state index contributed by atoms with van der Waals surface area (Å²) in [5.41, 5.74) is 11.6. The van der Waals surface area contributed by atoms with E-state index in [1.54, 1.807) is 0 Å². The number of anilines is 2. The Kier molecular flexibility index (Phi) is 7.22. The van der Waals surface area contributed by atoms with Gasteiger partial charge in [0.05, 0.1) is 0 Å². The maximum atomic E-state index is 3.84. The van der Waals surface area contributed by atoms with E-state index >= 15 is 0 Å². The van der Waals surface area contributed by atoms with Gasteiger partial charge in [0.1, 0.15) is 0 Å². The van der Waals surface area contributed by atoms with Crippen molar-refractivity contribution in [2.75, 3.05) is 5.32 Å². The van der Waals surface area contributed by atoms with Crippen LogP contribution in [0.4, 0.5) is 11.4 Å². The Morgan fingerprint density at radius 3 is 1.22 bits per heavy atom. The van der Waals surface area contributed by atoms with Crippen LogP contribution in [-0.4, -0.2) is 0 Å². The van der Waals surface area contributed by atoms with Gasteiger partial charge in [0.2, 0.25) is 0 Å². The minimum atomic E-state index is 1.05. The van der Waals surface area contributed by atoms with Crippen LogP contribution in [0.1, 0.15) is 0 Å². The average molecular weight is 624 g/mol. The van der Waals surface area contributed by atoms with Crippen molar-refractivity contribution < 1.29 is 0 Å². The van der Waals surface area contributed by atoms with Gasteiger partial charge in [0.15, 0.2) is 0 Å². The van der Waals surface area contributed by atoms with Crippen molar-refractivity contribution in [1.29, 1.82) is 0 Å². The van der Waals surface area contributed by atoms with E-state index in [2.05, 4.69) is 199 Å². The second-order valence-electron chi connectivity index (χ2n) is 12.6. The number of hydrogen-bond donors (Lipinski definition) is 1. The fourth-order valence-corrected chi connectivity index (χ4v) is 7.23. The van der Waals surface area contributed by atoms with E-state index in [1.807, 2.05) is 0 Å². The van der Waals surface area contributed by atoms with Gasteiger partial charge in [-0.15, -0.1) is 0 Å². The fraction of sp³-hybridized carbons (Fsp3) is 0. The third-order valence-electron chi connectivity index (χ3n) is 9.61. The van der Waals surface area contributed by atoms with E-state index in [9.17, 15) is 0 Å². The Bertz CT molecular complexity index is 2510. The minimum Gasteiger partial charge on any atom is -0.355 e. The summed E-state index contributed by atoms with van der Waals surface area (Å²) in [6, 6.07) is 70.0. The van der Waals surface area contributed by atoms with Crippen LogP contribution in [0.5, 0.6) is 0 Å². The SMILES string of the molecule is c1ccc(-c2cc(Nc3ccc(-c4ccc5c6ccccc6c6ccccc6c5c4)cc3-c3ccccc3)cc(-c3ccccc3)c2)cc1. The van der Waals surface area contributed by atoms with Gasteiger partial charge in [-0.25, -0.2) is 0 Å².